The topological polar surface area (TPSA) is 159 Å². The molecule has 1 aromatic heterocycles. The lowest BCUT2D eigenvalue weighted by molar-refractivity contribution is -0.394. The molecule has 1 aliphatic rings. The van der Waals surface area contributed by atoms with Gasteiger partial charge in [-0.05, 0) is 86.2 Å². The minimum absolute atomic E-state index is 0.0616. The van der Waals surface area contributed by atoms with E-state index < -0.39 is 33.0 Å². The van der Waals surface area contributed by atoms with E-state index in [0.717, 1.165) is 23.5 Å². The fraction of sp³-hybridized carbons (Fsp3) is 0.100. The molecule has 1 aliphatic heterocycles. The van der Waals surface area contributed by atoms with Crippen LogP contribution in [-0.2, 0) is 9.59 Å². The largest absolute Gasteiger partial charge is 0.495 e. The first-order chi connectivity index (χ1) is 21.0. The molecule has 0 aliphatic carbocycles. The summed E-state index contributed by atoms with van der Waals surface area (Å²) in [5.41, 5.74) is 2.18. The van der Waals surface area contributed by atoms with Crippen molar-refractivity contribution in [3.05, 3.63) is 116 Å². The number of methoxy groups -OCH3 is 1. The van der Waals surface area contributed by atoms with Crippen LogP contribution in [0.25, 0.3) is 11.8 Å². The summed E-state index contributed by atoms with van der Waals surface area (Å²) in [5, 5.41) is 25.0. The Morgan fingerprint density at radius 2 is 1.61 bits per heavy atom. The Morgan fingerprint density at radius 3 is 2.27 bits per heavy atom. The number of hydrogen-bond acceptors (Lipinski definition) is 9. The molecule has 2 amide bonds. The molecule has 4 aromatic rings. The molecule has 222 valence electrons. The average molecular weight is 614 g/mol. The van der Waals surface area contributed by atoms with Gasteiger partial charge < -0.3 is 14.0 Å². The van der Waals surface area contributed by atoms with Crippen molar-refractivity contribution in [1.82, 2.24) is 9.88 Å². The smallest absolute Gasteiger partial charge is 0.318 e. The number of hydrogen-bond donors (Lipinski definition) is 1. The second kappa shape index (κ2) is 11.8. The lowest BCUT2D eigenvalue weighted by Crippen LogP contribution is -2.54. The monoisotopic (exact) mass is 613 g/mol. The normalized spacial score (nSPS) is 14.0. The van der Waals surface area contributed by atoms with Crippen LogP contribution in [0, 0.1) is 34.1 Å². The zero-order valence-corrected chi connectivity index (χ0v) is 24.3. The van der Waals surface area contributed by atoms with Gasteiger partial charge in [0.25, 0.3) is 17.5 Å². The van der Waals surface area contributed by atoms with E-state index in [1.165, 1.54) is 24.2 Å². The van der Waals surface area contributed by atoms with Crippen LogP contribution >= 0.6 is 12.2 Å². The summed E-state index contributed by atoms with van der Waals surface area (Å²) in [6.45, 7) is 3.69. The molecule has 0 spiro atoms. The highest BCUT2D eigenvalue weighted by molar-refractivity contribution is 7.80. The number of nitrogens with zero attached hydrogens (tertiary/aromatic N) is 4. The first-order valence-electron chi connectivity index (χ1n) is 12.9. The van der Waals surface area contributed by atoms with E-state index in [4.69, 9.17) is 21.7 Å². The van der Waals surface area contributed by atoms with Gasteiger partial charge >= 0.3 is 5.69 Å². The number of nitrogens with one attached hydrogen (secondary N) is 1. The molecule has 44 heavy (non-hydrogen) atoms. The molecule has 1 fully saturated rings. The van der Waals surface area contributed by atoms with Gasteiger partial charge in [0.05, 0.1) is 28.7 Å². The van der Waals surface area contributed by atoms with Crippen LogP contribution in [0.3, 0.4) is 0 Å². The van der Waals surface area contributed by atoms with Crippen molar-refractivity contribution in [1.29, 1.82) is 0 Å². The van der Waals surface area contributed by atoms with Crippen molar-refractivity contribution in [2.24, 2.45) is 0 Å². The SMILES string of the molecule is COc1ccccc1N1C(=O)/C(=C/c2cc(C)n(-c3ccc(Oc4ccc([N+](=O)[O-])cc4[N+](=O)[O-])cc3)c2C)C(=O)NC1=S. The third-order valence-corrected chi connectivity index (χ3v) is 7.16. The third kappa shape index (κ3) is 5.48. The Bertz CT molecular complexity index is 1900. The van der Waals surface area contributed by atoms with Crippen LogP contribution in [0.4, 0.5) is 17.1 Å². The number of aryl methyl sites for hydroxylation is 1. The molecule has 5 rings (SSSR count). The van der Waals surface area contributed by atoms with Gasteiger partial charge in [0, 0.05) is 23.1 Å². The Labute approximate surface area is 255 Å². The quantitative estimate of drug-likeness (QED) is 0.0885. The van der Waals surface area contributed by atoms with Crippen LogP contribution in [0.15, 0.2) is 78.4 Å². The average Bonchev–Trinajstić information content (AvgIpc) is 3.27. The van der Waals surface area contributed by atoms with Gasteiger partial charge in [-0.1, -0.05) is 12.1 Å². The number of anilines is 1. The molecule has 0 atom stereocenters. The number of para-hydroxylation sites is 2. The number of non-ortho nitro benzene ring substituents is 1. The summed E-state index contributed by atoms with van der Waals surface area (Å²) in [7, 11) is 1.47. The molecule has 14 heteroatoms. The molecule has 0 saturated carbocycles. The highest BCUT2D eigenvalue weighted by Crippen LogP contribution is 2.35. The van der Waals surface area contributed by atoms with Crippen LogP contribution in [0.1, 0.15) is 17.0 Å². The summed E-state index contributed by atoms with van der Waals surface area (Å²) in [6, 6.07) is 18.4. The molecule has 1 N–H and O–H groups in total. The van der Waals surface area contributed by atoms with E-state index in [9.17, 15) is 29.8 Å². The Balaban J connectivity index is 1.44. The minimum atomic E-state index is -0.750. The Morgan fingerprint density at radius 1 is 0.909 bits per heavy atom. The van der Waals surface area contributed by atoms with Crippen molar-refractivity contribution >= 4 is 52.3 Å². The highest BCUT2D eigenvalue weighted by Gasteiger charge is 2.36. The first kappa shape index (κ1) is 29.6. The standard InChI is InChI=1S/C30H23N5O8S/c1-17-14-19(15-23-28(36)31-30(44)33(29(23)37)24-6-4-5-7-26(24)42-3)18(2)32(17)20-8-11-22(12-9-20)43-27-13-10-21(34(38)39)16-25(27)35(40)41/h4-16H,1-3H3,(H,31,36,44)/b23-15+. The maximum Gasteiger partial charge on any atom is 0.318 e. The minimum Gasteiger partial charge on any atom is -0.495 e. The van der Waals surface area contributed by atoms with Gasteiger partial charge in [-0.25, -0.2) is 4.90 Å². The molecule has 3 aromatic carbocycles. The second-order valence-electron chi connectivity index (χ2n) is 9.55. The zero-order valence-electron chi connectivity index (χ0n) is 23.5. The molecule has 0 radical (unpaired) electrons. The van der Waals surface area contributed by atoms with Crippen molar-refractivity contribution < 1.29 is 28.9 Å². The number of carbonyl (C=O) groups excluding carboxylic acids is 2. The molecule has 1 saturated heterocycles. The summed E-state index contributed by atoms with van der Waals surface area (Å²) in [4.78, 5) is 48.7. The number of nitro groups is 2. The van der Waals surface area contributed by atoms with Crippen LogP contribution in [0.5, 0.6) is 17.2 Å². The van der Waals surface area contributed by atoms with Gasteiger partial charge in [0.15, 0.2) is 5.11 Å². The highest BCUT2D eigenvalue weighted by atomic mass is 32.1. The molecule has 0 bridgehead atoms. The number of carbonyl (C=O) groups is 2. The lowest BCUT2D eigenvalue weighted by atomic mass is 10.1. The summed E-state index contributed by atoms with van der Waals surface area (Å²) < 4.78 is 13.0. The van der Waals surface area contributed by atoms with E-state index in [0.29, 0.717) is 22.7 Å². The number of rotatable bonds is 8. The summed E-state index contributed by atoms with van der Waals surface area (Å²) in [5.74, 6) is -0.694. The Hall–Kier alpha value is -5.89. The van der Waals surface area contributed by atoms with E-state index >= 15 is 0 Å². The maximum atomic E-state index is 13.6. The van der Waals surface area contributed by atoms with Gasteiger partial charge in [0.2, 0.25) is 5.75 Å². The number of benzene rings is 3. The fourth-order valence-electron chi connectivity index (χ4n) is 4.82. The van der Waals surface area contributed by atoms with E-state index in [1.807, 2.05) is 24.5 Å². The number of thiocarbonyl (C=S) groups is 1. The fourth-order valence-corrected chi connectivity index (χ4v) is 5.09. The van der Waals surface area contributed by atoms with Crippen LogP contribution < -0.4 is 19.7 Å². The van der Waals surface area contributed by atoms with E-state index in [2.05, 4.69) is 5.32 Å². The zero-order chi connectivity index (χ0) is 31.7. The van der Waals surface area contributed by atoms with Gasteiger partial charge in [-0.3, -0.25) is 35.1 Å². The Kier molecular flexibility index (Phi) is 7.92. The van der Waals surface area contributed by atoms with E-state index in [-0.39, 0.29) is 22.2 Å². The number of nitro benzene ring substituents is 2. The van der Waals surface area contributed by atoms with Gasteiger partial charge in [-0.2, -0.15) is 0 Å². The predicted octanol–water partition coefficient (Wildman–Crippen LogP) is 5.54. The molecular formula is C30H23N5O8S. The third-order valence-electron chi connectivity index (χ3n) is 6.87. The number of aromatic nitrogens is 1. The molecule has 13 nitrogen and oxygen atoms in total. The predicted molar refractivity (Wildman–Crippen MR) is 164 cm³/mol. The summed E-state index contributed by atoms with van der Waals surface area (Å²) >= 11 is 5.31. The molecule has 0 unspecified atom stereocenters. The van der Waals surface area contributed by atoms with Gasteiger partial charge in [-0.15, -0.1) is 0 Å². The van der Waals surface area contributed by atoms with E-state index in [1.54, 1.807) is 48.5 Å². The maximum absolute atomic E-state index is 13.6. The van der Waals surface area contributed by atoms with Crippen LogP contribution in [0.2, 0.25) is 0 Å². The number of amides is 2. The summed E-state index contributed by atoms with van der Waals surface area (Å²) in [6.07, 6.45) is 1.51. The van der Waals surface area contributed by atoms with Crippen molar-refractivity contribution in [3.8, 4) is 22.9 Å². The second-order valence-corrected chi connectivity index (χ2v) is 9.94. The lowest BCUT2D eigenvalue weighted by Gasteiger charge is -2.29. The number of ether oxygens (including phenoxy) is 2. The first-order valence-corrected chi connectivity index (χ1v) is 13.4. The molecular weight excluding hydrogens is 590 g/mol. The van der Waals surface area contributed by atoms with Crippen molar-refractivity contribution in [2.75, 3.05) is 12.0 Å². The van der Waals surface area contributed by atoms with Crippen molar-refractivity contribution in [3.63, 3.8) is 0 Å². The van der Waals surface area contributed by atoms with Crippen molar-refractivity contribution in [2.45, 2.75) is 13.8 Å². The van der Waals surface area contributed by atoms with Gasteiger partial charge in [0.1, 0.15) is 17.1 Å². The van der Waals surface area contributed by atoms with Crippen LogP contribution in [-0.4, -0.2) is 38.5 Å². The molecule has 2 heterocycles.